The monoisotopic (exact) mass is 496 g/mol. The molecule has 0 bridgehead atoms. The molecule has 0 radical (unpaired) electrons. The van der Waals surface area contributed by atoms with Gasteiger partial charge in [-0.15, -0.1) is 0 Å². The van der Waals surface area contributed by atoms with Gasteiger partial charge in [0, 0.05) is 42.9 Å². The van der Waals surface area contributed by atoms with Crippen LogP contribution in [0.15, 0.2) is 54.7 Å². The van der Waals surface area contributed by atoms with Crippen molar-refractivity contribution in [3.05, 3.63) is 70.9 Å². The molecule has 8 heteroatoms. The van der Waals surface area contributed by atoms with Gasteiger partial charge >= 0.3 is 0 Å². The van der Waals surface area contributed by atoms with Gasteiger partial charge in [-0.3, -0.25) is 9.59 Å². The Morgan fingerprint density at radius 2 is 1.86 bits per heavy atom. The van der Waals surface area contributed by atoms with Gasteiger partial charge in [0.1, 0.15) is 6.04 Å². The van der Waals surface area contributed by atoms with E-state index in [2.05, 4.69) is 33.1 Å². The van der Waals surface area contributed by atoms with Gasteiger partial charge in [-0.25, -0.2) is 0 Å². The zero-order valence-electron chi connectivity index (χ0n) is 20.0. The molecule has 2 aromatic carbocycles. The Morgan fingerprint density at radius 1 is 1.09 bits per heavy atom. The number of aromatic nitrogens is 1. The zero-order chi connectivity index (χ0) is 24.6. The number of carbonyl (C=O) groups excluding carboxylic acids is 2. The van der Waals surface area contributed by atoms with Crippen LogP contribution in [0.3, 0.4) is 0 Å². The van der Waals surface area contributed by atoms with Crippen molar-refractivity contribution in [2.75, 3.05) is 13.2 Å². The molecule has 1 fully saturated rings. The second-order valence-corrected chi connectivity index (χ2v) is 9.50. The molecular weight excluding hydrogens is 464 g/mol. The summed E-state index contributed by atoms with van der Waals surface area (Å²) in [6.07, 6.45) is 4.93. The highest BCUT2D eigenvalue weighted by Crippen LogP contribution is 2.23. The number of halogens is 1. The maximum absolute atomic E-state index is 13.2. The first-order valence-corrected chi connectivity index (χ1v) is 12.6. The third-order valence-corrected chi connectivity index (χ3v) is 6.77. The minimum absolute atomic E-state index is 0.157. The lowest BCUT2D eigenvalue weighted by molar-refractivity contribution is -0.130. The highest BCUT2D eigenvalue weighted by atomic mass is 35.5. The molecule has 4 N–H and O–H groups in total. The van der Waals surface area contributed by atoms with E-state index in [4.69, 9.17) is 16.3 Å². The van der Waals surface area contributed by atoms with Gasteiger partial charge in [-0.2, -0.15) is 0 Å². The summed E-state index contributed by atoms with van der Waals surface area (Å²) in [5, 5.41) is 10.9. The lowest BCUT2D eigenvalue weighted by atomic mass is 10.0. The summed E-state index contributed by atoms with van der Waals surface area (Å²) < 4.78 is 5.45. The first-order chi connectivity index (χ1) is 17.0. The lowest BCUT2D eigenvalue weighted by Crippen LogP contribution is -2.54. The molecule has 4 rings (SSSR count). The Balaban J connectivity index is 1.32. The third-order valence-electron chi connectivity index (χ3n) is 6.45. The summed E-state index contributed by atoms with van der Waals surface area (Å²) >= 11 is 6.20. The molecule has 2 atom stereocenters. The highest BCUT2D eigenvalue weighted by molar-refractivity contribution is 6.35. The second-order valence-electron chi connectivity index (χ2n) is 9.09. The van der Waals surface area contributed by atoms with E-state index < -0.39 is 6.04 Å². The van der Waals surface area contributed by atoms with Crippen LogP contribution >= 0.6 is 11.6 Å². The van der Waals surface area contributed by atoms with Crippen LogP contribution in [0.25, 0.3) is 10.9 Å². The van der Waals surface area contributed by atoms with Crippen LogP contribution in [-0.2, 0) is 27.3 Å². The molecule has 2 heterocycles. The van der Waals surface area contributed by atoms with Gasteiger partial charge in [0.15, 0.2) is 0 Å². The van der Waals surface area contributed by atoms with Crippen LogP contribution in [0.4, 0.5) is 0 Å². The topological polar surface area (TPSA) is 95.2 Å². The zero-order valence-corrected chi connectivity index (χ0v) is 20.7. The van der Waals surface area contributed by atoms with Crippen molar-refractivity contribution in [3.8, 4) is 0 Å². The predicted octanol–water partition coefficient (Wildman–Crippen LogP) is 3.71. The van der Waals surface area contributed by atoms with Gasteiger partial charge in [-0.1, -0.05) is 48.0 Å². The molecule has 1 saturated heterocycles. The van der Waals surface area contributed by atoms with Crippen LogP contribution in [0.5, 0.6) is 0 Å². The molecule has 2 amide bonds. The number of aromatic amines is 1. The average molecular weight is 497 g/mol. The minimum Gasteiger partial charge on any atom is -0.381 e. The number of hydrogen-bond donors (Lipinski definition) is 4. The summed E-state index contributed by atoms with van der Waals surface area (Å²) in [7, 11) is 0. The van der Waals surface area contributed by atoms with E-state index in [-0.39, 0.29) is 23.9 Å². The number of amides is 2. The highest BCUT2D eigenvalue weighted by Gasteiger charge is 2.26. The maximum atomic E-state index is 13.2. The van der Waals surface area contributed by atoms with Gasteiger partial charge in [-0.05, 0) is 55.9 Å². The number of rotatable bonds is 10. The van der Waals surface area contributed by atoms with Crippen molar-refractivity contribution in [1.82, 2.24) is 20.9 Å². The number of fused-ring (bicyclic) bond motifs is 1. The van der Waals surface area contributed by atoms with E-state index in [0.29, 0.717) is 31.2 Å². The van der Waals surface area contributed by atoms with Crippen LogP contribution < -0.4 is 16.0 Å². The Labute approximate surface area is 211 Å². The third kappa shape index (κ3) is 7.07. The van der Waals surface area contributed by atoms with Crippen molar-refractivity contribution in [1.29, 1.82) is 0 Å². The van der Waals surface area contributed by atoms with E-state index in [0.717, 1.165) is 35.7 Å². The van der Waals surface area contributed by atoms with E-state index in [1.54, 1.807) is 13.1 Å². The summed E-state index contributed by atoms with van der Waals surface area (Å²) in [4.78, 5) is 29.0. The van der Waals surface area contributed by atoms with Crippen LogP contribution in [0.2, 0.25) is 5.02 Å². The van der Waals surface area contributed by atoms with E-state index >= 15 is 0 Å². The van der Waals surface area contributed by atoms with E-state index in [9.17, 15) is 9.59 Å². The molecule has 186 valence electrons. The lowest BCUT2D eigenvalue weighted by Gasteiger charge is -2.29. The number of H-pyrrole nitrogens is 1. The number of ether oxygens (including phenoxy) is 1. The van der Waals surface area contributed by atoms with Crippen LogP contribution in [-0.4, -0.2) is 48.1 Å². The largest absolute Gasteiger partial charge is 0.381 e. The number of benzene rings is 2. The number of carbonyl (C=O) groups is 2. The molecule has 3 aromatic rings. The fourth-order valence-corrected chi connectivity index (χ4v) is 4.57. The molecule has 35 heavy (non-hydrogen) atoms. The van der Waals surface area contributed by atoms with E-state index in [1.807, 2.05) is 36.4 Å². The number of aryl methyl sites for hydroxylation is 1. The molecule has 0 aliphatic carbocycles. The minimum atomic E-state index is -0.655. The Bertz CT molecular complexity index is 1130. The normalized spacial score (nSPS) is 16.1. The number of hydrogen-bond acceptors (Lipinski definition) is 4. The molecule has 0 saturated carbocycles. The van der Waals surface area contributed by atoms with Crippen LogP contribution in [0, 0.1) is 0 Å². The molecule has 0 spiro atoms. The van der Waals surface area contributed by atoms with Crippen molar-refractivity contribution in [2.24, 2.45) is 0 Å². The molecule has 0 unspecified atom stereocenters. The summed E-state index contributed by atoms with van der Waals surface area (Å²) in [5.41, 5.74) is 3.07. The van der Waals surface area contributed by atoms with Gasteiger partial charge < -0.3 is 25.7 Å². The van der Waals surface area contributed by atoms with Crippen molar-refractivity contribution >= 4 is 34.3 Å². The Kier molecular flexibility index (Phi) is 8.79. The summed E-state index contributed by atoms with van der Waals surface area (Å²) in [6.45, 7) is 3.46. The van der Waals surface area contributed by atoms with Gasteiger partial charge in [0.25, 0.3) is 0 Å². The molecule has 7 nitrogen and oxygen atoms in total. The first-order valence-electron chi connectivity index (χ1n) is 12.2. The van der Waals surface area contributed by atoms with Gasteiger partial charge in [0.2, 0.25) is 11.8 Å². The van der Waals surface area contributed by atoms with Crippen molar-refractivity contribution < 1.29 is 14.3 Å². The standard InChI is InChI=1S/C27H33ClN4O3/c1-18(26(33)30-16-20-8-9-24-22(15-20)23(28)17-29-24)31-27(34)25(32-21-11-13-35-14-12-21)10-7-19-5-3-2-4-6-19/h2-6,8-9,15,17-18,21,25,29,32H,7,10-14,16H2,1H3,(H,30,33)(H,31,34)/t18-,25+/m0/s1. The smallest absolute Gasteiger partial charge is 0.242 e. The first kappa shape index (κ1) is 25.2. The number of nitrogens with one attached hydrogen (secondary N) is 4. The summed E-state index contributed by atoms with van der Waals surface area (Å²) in [6, 6.07) is 15.2. The maximum Gasteiger partial charge on any atom is 0.242 e. The van der Waals surface area contributed by atoms with Crippen molar-refractivity contribution in [2.45, 2.75) is 57.3 Å². The molecule has 1 aliphatic heterocycles. The van der Waals surface area contributed by atoms with Gasteiger partial charge in [0.05, 0.1) is 11.1 Å². The average Bonchev–Trinajstić information content (AvgIpc) is 3.26. The van der Waals surface area contributed by atoms with Crippen molar-refractivity contribution in [3.63, 3.8) is 0 Å². The van der Waals surface area contributed by atoms with E-state index in [1.165, 1.54) is 5.56 Å². The Hall–Kier alpha value is -2.87. The quantitative estimate of drug-likeness (QED) is 0.344. The molecule has 1 aliphatic rings. The Morgan fingerprint density at radius 3 is 2.63 bits per heavy atom. The fourth-order valence-electron chi connectivity index (χ4n) is 4.36. The summed E-state index contributed by atoms with van der Waals surface area (Å²) in [5.74, 6) is -0.387. The second kappa shape index (κ2) is 12.2. The molecule has 1 aromatic heterocycles. The predicted molar refractivity (Wildman–Crippen MR) is 138 cm³/mol. The SMILES string of the molecule is C[C@H](NC(=O)[C@@H](CCc1ccccc1)NC1CCOCC1)C(=O)NCc1ccc2[nH]cc(Cl)c2c1. The van der Waals surface area contributed by atoms with Crippen LogP contribution in [0.1, 0.15) is 37.3 Å². The molecular formula is C27H33ClN4O3. The fraction of sp³-hybridized carbons (Fsp3) is 0.407.